The summed E-state index contributed by atoms with van der Waals surface area (Å²) >= 11 is 0. The minimum absolute atomic E-state index is 0.272. The van der Waals surface area contributed by atoms with Crippen LogP contribution in [0.2, 0.25) is 0 Å². The fourth-order valence-electron chi connectivity index (χ4n) is 2.22. The molecule has 0 aliphatic heterocycles. The highest BCUT2D eigenvalue weighted by Gasteiger charge is 2.38. The zero-order chi connectivity index (χ0) is 17.5. The molecule has 130 valence electrons. The van der Waals surface area contributed by atoms with Crippen molar-refractivity contribution in [3.8, 4) is 0 Å². The molecule has 1 aromatic rings. The highest BCUT2D eigenvalue weighted by atomic mass is 32.2. The van der Waals surface area contributed by atoms with Crippen LogP contribution in [0.4, 0.5) is 0 Å². The van der Waals surface area contributed by atoms with Gasteiger partial charge in [-0.05, 0) is 44.6 Å². The summed E-state index contributed by atoms with van der Waals surface area (Å²) in [6, 6.07) is 10.0. The minimum atomic E-state index is -4.87. The van der Waals surface area contributed by atoms with Crippen molar-refractivity contribution in [2.75, 3.05) is 0 Å². The molecule has 8 heteroatoms. The molecule has 1 unspecified atom stereocenters. The van der Waals surface area contributed by atoms with Gasteiger partial charge < -0.3 is 9.79 Å². The lowest BCUT2D eigenvalue weighted by Crippen LogP contribution is -2.20. The van der Waals surface area contributed by atoms with Gasteiger partial charge in [0.15, 0.2) is 4.99 Å². The van der Waals surface area contributed by atoms with Crippen molar-refractivity contribution in [3.05, 3.63) is 47.5 Å². The van der Waals surface area contributed by atoms with Gasteiger partial charge in [-0.25, -0.2) is 0 Å². The van der Waals surface area contributed by atoms with E-state index in [-0.39, 0.29) is 12.8 Å². The van der Waals surface area contributed by atoms with E-state index >= 15 is 0 Å². The Labute approximate surface area is 137 Å². The summed E-state index contributed by atoms with van der Waals surface area (Å²) in [7, 11) is -9.63. The molecule has 0 saturated heterocycles. The fraction of sp³-hybridized carbons (Fsp3) is 0.467. The molecular weight excluding hydrogens is 339 g/mol. The van der Waals surface area contributed by atoms with Gasteiger partial charge in [0.1, 0.15) is 0 Å². The van der Waals surface area contributed by atoms with Crippen LogP contribution in [0.25, 0.3) is 0 Å². The molecule has 1 rings (SSSR count). The van der Waals surface area contributed by atoms with Crippen LogP contribution in [0.3, 0.4) is 0 Å². The summed E-state index contributed by atoms with van der Waals surface area (Å²) in [5.74, 6) is 0. The van der Waals surface area contributed by atoms with Crippen molar-refractivity contribution in [1.29, 1.82) is 0 Å². The van der Waals surface area contributed by atoms with Crippen molar-refractivity contribution >= 4 is 17.7 Å². The summed E-state index contributed by atoms with van der Waals surface area (Å²) in [6.07, 6.45) is 4.21. The maximum absolute atomic E-state index is 11.1. The first-order valence-electron chi connectivity index (χ1n) is 7.32. The van der Waals surface area contributed by atoms with Crippen LogP contribution in [-0.4, -0.2) is 27.7 Å². The average Bonchev–Trinajstić information content (AvgIpc) is 2.43. The van der Waals surface area contributed by atoms with E-state index in [9.17, 15) is 13.0 Å². The Morgan fingerprint density at radius 3 is 2.39 bits per heavy atom. The molecule has 0 saturated carbocycles. The van der Waals surface area contributed by atoms with Crippen LogP contribution in [0.1, 0.15) is 38.2 Å². The summed E-state index contributed by atoms with van der Waals surface area (Å²) in [4.78, 5) is 15.9. The number of aryl methyl sites for hydroxylation is 1. The van der Waals surface area contributed by atoms with Crippen molar-refractivity contribution < 1.29 is 27.3 Å². The fourth-order valence-corrected chi connectivity index (χ4v) is 4.59. The van der Waals surface area contributed by atoms with Gasteiger partial charge in [-0.1, -0.05) is 42.0 Å². The number of hydrogen-bond donors (Lipinski definition) is 3. The van der Waals surface area contributed by atoms with Crippen LogP contribution in [-0.2, 0) is 21.1 Å². The lowest BCUT2D eigenvalue weighted by Gasteiger charge is -2.14. The van der Waals surface area contributed by atoms with E-state index in [1.807, 2.05) is 43.3 Å². The molecule has 1 aromatic carbocycles. The number of hydrogen-bond acceptors (Lipinski definition) is 3. The van der Waals surface area contributed by atoms with Gasteiger partial charge in [0.05, 0.1) is 0 Å². The van der Waals surface area contributed by atoms with Gasteiger partial charge in [0, 0.05) is 0 Å². The first kappa shape index (κ1) is 20.1. The second kappa shape index (κ2) is 8.76. The SMILES string of the molecule is C/C(=C/CCCC(P(=O)(O)O)S(=O)(=O)O)CCc1ccccc1. The van der Waals surface area contributed by atoms with Crippen LogP contribution in [0.5, 0.6) is 0 Å². The van der Waals surface area contributed by atoms with Crippen LogP contribution < -0.4 is 0 Å². The molecule has 0 bridgehead atoms. The summed E-state index contributed by atoms with van der Waals surface area (Å²) < 4.78 is 42.0. The number of benzene rings is 1. The zero-order valence-electron chi connectivity index (χ0n) is 13.0. The van der Waals surface area contributed by atoms with Gasteiger partial charge in [-0.15, -0.1) is 0 Å². The van der Waals surface area contributed by atoms with Crippen LogP contribution >= 0.6 is 7.60 Å². The van der Waals surface area contributed by atoms with E-state index in [1.165, 1.54) is 5.56 Å². The third-order valence-corrected chi connectivity index (χ3v) is 7.07. The zero-order valence-corrected chi connectivity index (χ0v) is 14.7. The van der Waals surface area contributed by atoms with Crippen molar-refractivity contribution in [2.45, 2.75) is 44.0 Å². The molecule has 6 nitrogen and oxygen atoms in total. The predicted octanol–water partition coefficient (Wildman–Crippen LogP) is 3.13. The lowest BCUT2D eigenvalue weighted by molar-refractivity contribution is 0.360. The minimum Gasteiger partial charge on any atom is -0.323 e. The lowest BCUT2D eigenvalue weighted by atomic mass is 10.0. The molecule has 23 heavy (non-hydrogen) atoms. The topological polar surface area (TPSA) is 112 Å². The Morgan fingerprint density at radius 2 is 1.87 bits per heavy atom. The molecule has 0 spiro atoms. The Hall–Kier alpha value is -0.980. The summed E-state index contributed by atoms with van der Waals surface area (Å²) in [5.41, 5.74) is 2.36. The maximum Gasteiger partial charge on any atom is 0.346 e. The summed E-state index contributed by atoms with van der Waals surface area (Å²) in [6.45, 7) is 1.96. The molecule has 1 atom stereocenters. The number of allylic oxidation sites excluding steroid dienone is 2. The monoisotopic (exact) mass is 362 g/mol. The molecule has 0 aromatic heterocycles. The van der Waals surface area contributed by atoms with E-state index in [0.717, 1.165) is 18.4 Å². The van der Waals surface area contributed by atoms with Gasteiger partial charge in [-0.3, -0.25) is 9.12 Å². The second-order valence-corrected chi connectivity index (χ2v) is 9.28. The number of rotatable bonds is 9. The second-order valence-electron chi connectivity index (χ2n) is 5.53. The maximum atomic E-state index is 11.1. The molecule has 0 radical (unpaired) electrons. The highest BCUT2D eigenvalue weighted by molar-refractivity contribution is 7.93. The predicted molar refractivity (Wildman–Crippen MR) is 89.8 cm³/mol. The molecule has 3 N–H and O–H groups in total. The highest BCUT2D eigenvalue weighted by Crippen LogP contribution is 2.46. The molecular formula is C15H23O6PS. The number of unbranched alkanes of at least 4 members (excludes halogenated alkanes) is 1. The Morgan fingerprint density at radius 1 is 1.26 bits per heavy atom. The van der Waals surface area contributed by atoms with Gasteiger partial charge in [0.25, 0.3) is 10.1 Å². The summed E-state index contributed by atoms with van der Waals surface area (Å²) in [5, 5.41) is 0. The largest absolute Gasteiger partial charge is 0.346 e. The quantitative estimate of drug-likeness (QED) is 0.269. The molecule has 0 aliphatic rings. The van der Waals surface area contributed by atoms with E-state index < -0.39 is 22.7 Å². The first-order chi connectivity index (χ1) is 10.6. The Balaban J connectivity index is 2.44. The smallest absolute Gasteiger partial charge is 0.323 e. The molecule has 0 fully saturated rings. The Kier molecular flexibility index (Phi) is 7.64. The third-order valence-electron chi connectivity index (χ3n) is 3.52. The van der Waals surface area contributed by atoms with Crippen molar-refractivity contribution in [1.82, 2.24) is 0 Å². The van der Waals surface area contributed by atoms with Gasteiger partial charge in [0.2, 0.25) is 0 Å². The van der Waals surface area contributed by atoms with Crippen LogP contribution in [0, 0.1) is 0 Å². The molecule has 0 heterocycles. The van der Waals surface area contributed by atoms with Crippen molar-refractivity contribution in [2.24, 2.45) is 0 Å². The van der Waals surface area contributed by atoms with E-state index in [0.29, 0.717) is 6.42 Å². The van der Waals surface area contributed by atoms with E-state index in [4.69, 9.17) is 14.3 Å². The molecule has 0 amide bonds. The van der Waals surface area contributed by atoms with Crippen molar-refractivity contribution in [3.63, 3.8) is 0 Å². The van der Waals surface area contributed by atoms with Gasteiger partial charge in [-0.2, -0.15) is 8.42 Å². The van der Waals surface area contributed by atoms with Crippen LogP contribution in [0.15, 0.2) is 42.0 Å². The first-order valence-corrected chi connectivity index (χ1v) is 10.5. The third kappa shape index (κ3) is 7.90. The normalized spacial score (nSPS) is 14.7. The van der Waals surface area contributed by atoms with E-state index in [2.05, 4.69) is 0 Å². The average molecular weight is 362 g/mol. The molecule has 0 aliphatic carbocycles. The van der Waals surface area contributed by atoms with E-state index in [1.54, 1.807) is 0 Å². The Bertz CT molecular complexity index is 662. The van der Waals surface area contributed by atoms with Gasteiger partial charge >= 0.3 is 7.60 Å². The standard InChI is InChI=1S/C15H23O6PS/c1-13(11-12-14-8-3-2-4-9-14)7-5-6-10-15(22(16,17)18)23(19,20)21/h2-4,7-9,15H,5-6,10-12H2,1H3,(H2,16,17,18)(H,19,20,21)/b13-7-.